The Balaban J connectivity index is 2.34. The van der Waals surface area contributed by atoms with Gasteiger partial charge in [0.15, 0.2) is 0 Å². The zero-order valence-electron chi connectivity index (χ0n) is 9.94. The van der Waals surface area contributed by atoms with E-state index in [-0.39, 0.29) is 12.0 Å². The molecule has 0 aromatic carbocycles. The van der Waals surface area contributed by atoms with Crippen LogP contribution in [-0.2, 0) is 4.79 Å². The van der Waals surface area contributed by atoms with Crippen molar-refractivity contribution in [2.24, 2.45) is 0 Å². The van der Waals surface area contributed by atoms with Crippen LogP contribution in [0.2, 0.25) is 0 Å². The lowest BCUT2D eigenvalue weighted by molar-refractivity contribution is -0.138. The minimum atomic E-state index is -0.275. The highest BCUT2D eigenvalue weighted by Crippen LogP contribution is 2.08. The molecule has 0 aromatic heterocycles. The molecule has 1 amide bonds. The topological polar surface area (TPSA) is 43.8 Å². The van der Waals surface area contributed by atoms with Crippen LogP contribution >= 0.6 is 0 Å². The van der Waals surface area contributed by atoms with E-state index in [0.29, 0.717) is 12.6 Å². The van der Waals surface area contributed by atoms with Gasteiger partial charge in [0.05, 0.1) is 12.6 Å². The standard InChI is InChI=1S/C11H22N2O2/c1-9(2)13-7-6-12(8-11(13)15)5-4-10(3)14/h9-10,14H,4-8H2,1-3H3. The molecule has 4 heteroatoms. The van der Waals surface area contributed by atoms with E-state index in [9.17, 15) is 4.79 Å². The van der Waals surface area contributed by atoms with Crippen molar-refractivity contribution in [3.8, 4) is 0 Å². The first-order valence-corrected chi connectivity index (χ1v) is 5.70. The lowest BCUT2D eigenvalue weighted by atomic mass is 10.2. The van der Waals surface area contributed by atoms with Crippen LogP contribution < -0.4 is 0 Å². The molecule has 1 N–H and O–H groups in total. The monoisotopic (exact) mass is 214 g/mol. The Kier molecular flexibility index (Phi) is 4.54. The molecule has 1 heterocycles. The molecule has 1 saturated heterocycles. The van der Waals surface area contributed by atoms with E-state index in [0.717, 1.165) is 26.1 Å². The number of hydrogen-bond acceptors (Lipinski definition) is 3. The second-order valence-electron chi connectivity index (χ2n) is 4.59. The fourth-order valence-corrected chi connectivity index (χ4v) is 1.84. The van der Waals surface area contributed by atoms with Crippen molar-refractivity contribution in [1.29, 1.82) is 0 Å². The van der Waals surface area contributed by atoms with Crippen molar-refractivity contribution in [3.05, 3.63) is 0 Å². The van der Waals surface area contributed by atoms with Gasteiger partial charge >= 0.3 is 0 Å². The molecule has 1 aliphatic rings. The summed E-state index contributed by atoms with van der Waals surface area (Å²) in [4.78, 5) is 15.7. The molecule has 88 valence electrons. The summed E-state index contributed by atoms with van der Waals surface area (Å²) in [6, 6.07) is 0.302. The van der Waals surface area contributed by atoms with E-state index in [1.165, 1.54) is 0 Å². The summed E-state index contributed by atoms with van der Waals surface area (Å²) >= 11 is 0. The molecule has 0 aliphatic carbocycles. The molecule has 0 aromatic rings. The van der Waals surface area contributed by atoms with E-state index in [2.05, 4.69) is 4.90 Å². The maximum absolute atomic E-state index is 11.7. The van der Waals surface area contributed by atoms with Gasteiger partial charge in [0.1, 0.15) is 0 Å². The molecule has 0 spiro atoms. The van der Waals surface area contributed by atoms with Gasteiger partial charge < -0.3 is 10.0 Å². The van der Waals surface area contributed by atoms with Gasteiger partial charge in [-0.25, -0.2) is 0 Å². The first kappa shape index (κ1) is 12.5. The molecule has 0 radical (unpaired) electrons. The average Bonchev–Trinajstić information content (AvgIpc) is 2.14. The summed E-state index contributed by atoms with van der Waals surface area (Å²) in [7, 11) is 0. The van der Waals surface area contributed by atoms with Gasteiger partial charge in [0.2, 0.25) is 5.91 Å². The number of carbonyl (C=O) groups is 1. The van der Waals surface area contributed by atoms with Gasteiger partial charge in [-0.1, -0.05) is 0 Å². The first-order valence-electron chi connectivity index (χ1n) is 5.70. The summed E-state index contributed by atoms with van der Waals surface area (Å²) in [6.07, 6.45) is 0.470. The number of aliphatic hydroxyl groups excluding tert-OH is 1. The summed E-state index contributed by atoms with van der Waals surface area (Å²) in [5.74, 6) is 0.210. The number of amides is 1. The summed E-state index contributed by atoms with van der Waals surface area (Å²) < 4.78 is 0. The van der Waals surface area contributed by atoms with Crippen molar-refractivity contribution in [2.75, 3.05) is 26.2 Å². The molecule has 0 bridgehead atoms. The Labute approximate surface area is 91.9 Å². The van der Waals surface area contributed by atoms with Crippen LogP contribution in [-0.4, -0.2) is 59.1 Å². The minimum Gasteiger partial charge on any atom is -0.393 e. The van der Waals surface area contributed by atoms with Crippen molar-refractivity contribution in [1.82, 2.24) is 9.80 Å². The third kappa shape index (κ3) is 3.80. The molecule has 1 atom stereocenters. The van der Waals surface area contributed by atoms with Crippen molar-refractivity contribution >= 4 is 5.91 Å². The van der Waals surface area contributed by atoms with E-state index >= 15 is 0 Å². The summed E-state index contributed by atoms with van der Waals surface area (Å²) in [5.41, 5.74) is 0. The van der Waals surface area contributed by atoms with Gasteiger partial charge in [-0.15, -0.1) is 0 Å². The first-order chi connectivity index (χ1) is 7.00. The van der Waals surface area contributed by atoms with E-state index in [1.54, 1.807) is 6.92 Å². The third-order valence-electron chi connectivity index (χ3n) is 2.82. The van der Waals surface area contributed by atoms with Gasteiger partial charge in [-0.05, 0) is 27.2 Å². The van der Waals surface area contributed by atoms with Crippen LogP contribution in [0.4, 0.5) is 0 Å². The summed E-state index contributed by atoms with van der Waals surface area (Å²) in [5, 5.41) is 9.17. The van der Waals surface area contributed by atoms with Crippen molar-refractivity contribution < 1.29 is 9.90 Å². The maximum Gasteiger partial charge on any atom is 0.237 e. The van der Waals surface area contributed by atoms with Gasteiger partial charge in [-0.2, -0.15) is 0 Å². The molecular weight excluding hydrogens is 192 g/mol. The van der Waals surface area contributed by atoms with E-state index in [4.69, 9.17) is 5.11 Å². The van der Waals surface area contributed by atoms with Crippen molar-refractivity contribution in [2.45, 2.75) is 39.3 Å². The lowest BCUT2D eigenvalue weighted by Crippen LogP contribution is -2.52. The number of carbonyl (C=O) groups excluding carboxylic acids is 1. The fourth-order valence-electron chi connectivity index (χ4n) is 1.84. The second kappa shape index (κ2) is 5.47. The molecule has 1 rings (SSSR count). The Bertz CT molecular complexity index is 217. The highest BCUT2D eigenvalue weighted by molar-refractivity contribution is 5.79. The Morgan fingerprint density at radius 2 is 2.00 bits per heavy atom. The summed E-state index contributed by atoms with van der Waals surface area (Å²) in [6.45, 7) is 8.94. The van der Waals surface area contributed by atoms with Crippen LogP contribution in [0.3, 0.4) is 0 Å². The number of piperazine rings is 1. The zero-order valence-corrected chi connectivity index (χ0v) is 9.94. The normalized spacial score (nSPS) is 21.1. The Hall–Kier alpha value is -0.610. The van der Waals surface area contributed by atoms with Gasteiger partial charge in [0, 0.05) is 25.7 Å². The molecule has 1 aliphatic heterocycles. The predicted octanol–water partition coefficient (Wildman–Crippen LogP) is 0.310. The molecule has 1 unspecified atom stereocenters. The smallest absolute Gasteiger partial charge is 0.237 e. The number of rotatable bonds is 4. The molecule has 1 fully saturated rings. The Morgan fingerprint density at radius 3 is 2.47 bits per heavy atom. The third-order valence-corrected chi connectivity index (χ3v) is 2.82. The minimum absolute atomic E-state index is 0.210. The van der Waals surface area contributed by atoms with Crippen LogP contribution in [0.15, 0.2) is 0 Å². The number of nitrogens with zero attached hydrogens (tertiary/aromatic N) is 2. The largest absolute Gasteiger partial charge is 0.393 e. The van der Waals surface area contributed by atoms with Crippen LogP contribution in [0.5, 0.6) is 0 Å². The van der Waals surface area contributed by atoms with Gasteiger partial charge in [-0.3, -0.25) is 9.69 Å². The van der Waals surface area contributed by atoms with Gasteiger partial charge in [0.25, 0.3) is 0 Å². The fraction of sp³-hybridized carbons (Fsp3) is 0.909. The molecule has 0 saturated carbocycles. The molecule has 15 heavy (non-hydrogen) atoms. The van der Waals surface area contributed by atoms with E-state index < -0.39 is 0 Å². The van der Waals surface area contributed by atoms with E-state index in [1.807, 2.05) is 18.7 Å². The second-order valence-corrected chi connectivity index (χ2v) is 4.59. The van der Waals surface area contributed by atoms with Crippen LogP contribution in [0.25, 0.3) is 0 Å². The Morgan fingerprint density at radius 1 is 1.33 bits per heavy atom. The SMILES string of the molecule is CC(O)CCN1CCN(C(C)C)C(=O)C1. The zero-order chi connectivity index (χ0) is 11.4. The van der Waals surface area contributed by atoms with Crippen LogP contribution in [0, 0.1) is 0 Å². The average molecular weight is 214 g/mol. The molecular formula is C11H22N2O2. The van der Waals surface area contributed by atoms with Crippen molar-refractivity contribution in [3.63, 3.8) is 0 Å². The highest BCUT2D eigenvalue weighted by atomic mass is 16.3. The quantitative estimate of drug-likeness (QED) is 0.732. The molecule has 4 nitrogen and oxygen atoms in total. The predicted molar refractivity (Wildman–Crippen MR) is 59.6 cm³/mol. The number of aliphatic hydroxyl groups is 1. The number of hydrogen-bond donors (Lipinski definition) is 1. The maximum atomic E-state index is 11.7. The highest BCUT2D eigenvalue weighted by Gasteiger charge is 2.25. The lowest BCUT2D eigenvalue weighted by Gasteiger charge is -2.36. The van der Waals surface area contributed by atoms with Crippen LogP contribution in [0.1, 0.15) is 27.2 Å².